The van der Waals surface area contributed by atoms with Gasteiger partial charge in [-0.15, -0.1) is 0 Å². The predicted octanol–water partition coefficient (Wildman–Crippen LogP) is 5.70. The lowest BCUT2D eigenvalue weighted by Gasteiger charge is -2.28. The first-order chi connectivity index (χ1) is 15.9. The van der Waals surface area contributed by atoms with Gasteiger partial charge in [-0.1, -0.05) is 25.3 Å². The van der Waals surface area contributed by atoms with E-state index in [0.717, 1.165) is 37.4 Å². The number of rotatable bonds is 9. The zero-order chi connectivity index (χ0) is 23.5. The molecular weight excluding hydrogens is 421 g/mol. The van der Waals surface area contributed by atoms with Gasteiger partial charge in [0.05, 0.1) is 16.9 Å². The Morgan fingerprint density at radius 2 is 1.76 bits per heavy atom. The summed E-state index contributed by atoms with van der Waals surface area (Å²) in [5.74, 6) is -1.68. The molecule has 2 aliphatic rings. The molecule has 33 heavy (non-hydrogen) atoms. The number of nitrogens with zero attached hydrogens (tertiary/aromatic N) is 1. The Morgan fingerprint density at radius 3 is 2.33 bits per heavy atom. The lowest BCUT2D eigenvalue weighted by Crippen LogP contribution is -2.31. The zero-order valence-corrected chi connectivity index (χ0v) is 18.2. The highest BCUT2D eigenvalue weighted by Gasteiger charge is 2.40. The van der Waals surface area contributed by atoms with Crippen molar-refractivity contribution >= 4 is 23.4 Å². The number of carboxylic acid groups (broad SMARTS) is 1. The van der Waals surface area contributed by atoms with Gasteiger partial charge in [-0.2, -0.15) is 0 Å². The number of benzene rings is 2. The van der Waals surface area contributed by atoms with Crippen molar-refractivity contribution in [3.05, 3.63) is 84.9 Å². The summed E-state index contributed by atoms with van der Waals surface area (Å²) in [6, 6.07) is 9.33. The molecular formula is C26H26FN3O3. The molecule has 0 atom stereocenters. The zero-order valence-electron chi connectivity index (χ0n) is 18.2. The van der Waals surface area contributed by atoms with Crippen LogP contribution in [0.1, 0.15) is 36.0 Å². The number of allylic oxidation sites excluding steroid dienone is 3. The third-order valence-corrected chi connectivity index (χ3v) is 5.70. The number of carbonyl (C=O) groups excluding carboxylic acids is 1. The molecule has 0 heterocycles. The van der Waals surface area contributed by atoms with E-state index in [9.17, 15) is 19.1 Å². The van der Waals surface area contributed by atoms with E-state index in [2.05, 4.69) is 28.7 Å². The number of urea groups is 1. The number of amides is 2. The number of anilines is 2. The number of carbonyl (C=O) groups is 2. The number of hydrogen-bond acceptors (Lipinski definition) is 3. The van der Waals surface area contributed by atoms with Crippen LogP contribution in [0.3, 0.4) is 0 Å². The van der Waals surface area contributed by atoms with E-state index in [0.29, 0.717) is 29.0 Å². The summed E-state index contributed by atoms with van der Waals surface area (Å²) in [5.41, 5.74) is 2.64. The largest absolute Gasteiger partial charge is 0.478 e. The quantitative estimate of drug-likeness (QED) is 0.431. The monoisotopic (exact) mass is 447 g/mol. The van der Waals surface area contributed by atoms with Gasteiger partial charge < -0.3 is 20.6 Å². The fraction of sp³-hybridized carbons (Fsp3) is 0.231. The van der Waals surface area contributed by atoms with Crippen LogP contribution in [0.5, 0.6) is 0 Å². The van der Waals surface area contributed by atoms with Crippen LogP contribution in [0.2, 0.25) is 0 Å². The number of halogens is 1. The maximum Gasteiger partial charge on any atom is 0.336 e. The van der Waals surface area contributed by atoms with Crippen LogP contribution in [0.15, 0.2) is 73.5 Å². The highest BCUT2D eigenvalue weighted by molar-refractivity contribution is 5.99. The van der Waals surface area contributed by atoms with E-state index < -0.39 is 17.8 Å². The first-order valence-corrected chi connectivity index (χ1v) is 10.9. The average Bonchev–Trinajstić information content (AvgIpc) is 3.69. The van der Waals surface area contributed by atoms with Crippen molar-refractivity contribution in [1.82, 2.24) is 5.32 Å². The summed E-state index contributed by atoms with van der Waals surface area (Å²) in [4.78, 5) is 26.8. The molecule has 2 fully saturated rings. The van der Waals surface area contributed by atoms with Crippen LogP contribution in [0, 0.1) is 5.82 Å². The normalized spacial score (nSPS) is 15.5. The van der Waals surface area contributed by atoms with E-state index >= 15 is 0 Å². The Kier molecular flexibility index (Phi) is 6.31. The summed E-state index contributed by atoms with van der Waals surface area (Å²) in [6.07, 6.45) is 9.06. The van der Waals surface area contributed by atoms with E-state index in [1.165, 1.54) is 18.2 Å². The Bertz CT molecular complexity index is 1140. The van der Waals surface area contributed by atoms with Gasteiger partial charge in [0.25, 0.3) is 0 Å². The first kappa shape index (κ1) is 22.3. The van der Waals surface area contributed by atoms with E-state index in [1.54, 1.807) is 24.3 Å². The molecule has 0 bridgehead atoms. The van der Waals surface area contributed by atoms with Crippen molar-refractivity contribution in [2.75, 3.05) is 10.2 Å². The molecule has 3 N–H and O–H groups in total. The molecule has 2 aliphatic carbocycles. The van der Waals surface area contributed by atoms with Crippen LogP contribution in [-0.2, 0) is 0 Å². The van der Waals surface area contributed by atoms with E-state index in [-0.39, 0.29) is 11.1 Å². The van der Waals surface area contributed by atoms with Crippen LogP contribution < -0.4 is 15.5 Å². The van der Waals surface area contributed by atoms with Crippen LogP contribution in [0.4, 0.5) is 20.6 Å². The van der Waals surface area contributed by atoms with Gasteiger partial charge in [0, 0.05) is 17.8 Å². The minimum atomic E-state index is -1.15. The summed E-state index contributed by atoms with van der Waals surface area (Å²) in [7, 11) is 0. The Hall–Kier alpha value is -3.87. The molecule has 0 radical (unpaired) electrons. The number of aromatic carboxylic acids is 1. The molecule has 0 unspecified atom stereocenters. The van der Waals surface area contributed by atoms with Gasteiger partial charge in [-0.05, 0) is 79.3 Å². The highest BCUT2D eigenvalue weighted by atomic mass is 19.1. The molecule has 0 aromatic heterocycles. The van der Waals surface area contributed by atoms with Gasteiger partial charge in [-0.3, -0.25) is 0 Å². The summed E-state index contributed by atoms with van der Waals surface area (Å²) >= 11 is 0. The van der Waals surface area contributed by atoms with Gasteiger partial charge >= 0.3 is 12.0 Å². The lowest BCUT2D eigenvalue weighted by molar-refractivity contribution is 0.0697. The van der Waals surface area contributed by atoms with Crippen molar-refractivity contribution in [1.29, 1.82) is 0 Å². The molecule has 170 valence electrons. The Balaban J connectivity index is 1.75. The van der Waals surface area contributed by atoms with E-state index in [4.69, 9.17) is 0 Å². The topological polar surface area (TPSA) is 81.7 Å². The maximum atomic E-state index is 14.0. The Labute approximate surface area is 192 Å². The van der Waals surface area contributed by atoms with Crippen molar-refractivity contribution in [2.24, 2.45) is 0 Å². The number of nitrogens with one attached hydrogen (secondary N) is 2. The fourth-order valence-corrected chi connectivity index (χ4v) is 3.94. The highest BCUT2D eigenvalue weighted by Crippen LogP contribution is 2.44. The minimum absolute atomic E-state index is 0.0105. The predicted molar refractivity (Wildman–Crippen MR) is 128 cm³/mol. The average molecular weight is 448 g/mol. The van der Waals surface area contributed by atoms with Crippen molar-refractivity contribution in [3.8, 4) is 11.1 Å². The number of carboxylic acids is 1. The summed E-state index contributed by atoms with van der Waals surface area (Å²) in [6.45, 7) is 7.30. The SMILES string of the molecule is C=C/C=C(\C=C)NC(=O)Nc1cc(-c2cc(F)ccc2C(=O)O)ccc1N(C1CC1)C1CC1. The third kappa shape index (κ3) is 5.14. The van der Waals surface area contributed by atoms with Gasteiger partial charge in [-0.25, -0.2) is 14.0 Å². The second kappa shape index (κ2) is 9.32. The second-order valence-corrected chi connectivity index (χ2v) is 8.24. The van der Waals surface area contributed by atoms with Crippen molar-refractivity contribution in [3.63, 3.8) is 0 Å². The molecule has 0 spiro atoms. The summed E-state index contributed by atoms with van der Waals surface area (Å²) < 4.78 is 14.0. The lowest BCUT2D eigenvalue weighted by atomic mass is 9.98. The molecule has 2 amide bonds. The molecule has 2 saturated carbocycles. The second-order valence-electron chi connectivity index (χ2n) is 8.24. The molecule has 2 aromatic carbocycles. The maximum absolute atomic E-state index is 14.0. The Morgan fingerprint density at radius 1 is 1.06 bits per heavy atom. The van der Waals surface area contributed by atoms with Crippen LogP contribution in [0.25, 0.3) is 11.1 Å². The molecule has 7 heteroatoms. The third-order valence-electron chi connectivity index (χ3n) is 5.70. The standard InChI is InChI=1S/C26H26FN3O3/c1-3-5-18(4-2)28-26(33)29-23-14-16(22-15-17(27)7-12-21(22)25(31)32)6-13-24(23)30(19-8-9-19)20-10-11-20/h3-7,12-15,19-20H,1-2,8-11H2,(H,31,32)(H2,28,29,33)/b18-5+. The smallest absolute Gasteiger partial charge is 0.336 e. The van der Waals surface area contributed by atoms with Gasteiger partial charge in [0.1, 0.15) is 5.82 Å². The van der Waals surface area contributed by atoms with Crippen LogP contribution >= 0.6 is 0 Å². The number of hydrogen-bond donors (Lipinski definition) is 3. The molecule has 0 saturated heterocycles. The summed E-state index contributed by atoms with van der Waals surface area (Å²) in [5, 5.41) is 15.2. The van der Waals surface area contributed by atoms with Crippen molar-refractivity contribution in [2.45, 2.75) is 37.8 Å². The molecule has 2 aromatic rings. The van der Waals surface area contributed by atoms with Crippen LogP contribution in [-0.4, -0.2) is 29.2 Å². The molecule has 4 rings (SSSR count). The van der Waals surface area contributed by atoms with Gasteiger partial charge in [0.2, 0.25) is 0 Å². The first-order valence-electron chi connectivity index (χ1n) is 10.9. The molecule has 6 nitrogen and oxygen atoms in total. The van der Waals surface area contributed by atoms with E-state index in [1.807, 2.05) is 6.07 Å². The fourth-order valence-electron chi connectivity index (χ4n) is 3.94. The minimum Gasteiger partial charge on any atom is -0.478 e. The van der Waals surface area contributed by atoms with Crippen molar-refractivity contribution < 1.29 is 19.1 Å². The molecule has 0 aliphatic heterocycles. The van der Waals surface area contributed by atoms with Gasteiger partial charge in [0.15, 0.2) is 0 Å².